The number of benzene rings is 1. The van der Waals surface area contributed by atoms with Crippen LogP contribution in [0.2, 0.25) is 0 Å². The van der Waals surface area contributed by atoms with Crippen LogP contribution < -0.4 is 0 Å². The number of hydrazine groups is 1. The van der Waals surface area contributed by atoms with E-state index in [-0.39, 0.29) is 11.8 Å². The molecule has 0 bridgehead atoms. The maximum absolute atomic E-state index is 12.9. The van der Waals surface area contributed by atoms with Crippen LogP contribution in [-0.4, -0.2) is 60.2 Å². The van der Waals surface area contributed by atoms with Crippen LogP contribution in [0, 0.1) is 20.8 Å². The van der Waals surface area contributed by atoms with Gasteiger partial charge in [0.05, 0.1) is 20.2 Å². The molecule has 0 N–H and O–H groups in total. The van der Waals surface area contributed by atoms with Crippen molar-refractivity contribution in [1.29, 1.82) is 0 Å². The maximum Gasteiger partial charge on any atom is 0.258 e. The molecule has 2 aliphatic heterocycles. The summed E-state index contributed by atoms with van der Waals surface area (Å²) < 4.78 is 0. The van der Waals surface area contributed by atoms with Crippen LogP contribution >= 0.6 is 0 Å². The summed E-state index contributed by atoms with van der Waals surface area (Å²) in [5.74, 6) is -0.956. The first-order chi connectivity index (χ1) is 10.9. The fraction of sp³-hybridized carbons (Fsp3) is 0.529. The van der Waals surface area contributed by atoms with Crippen LogP contribution in [0.3, 0.4) is 0 Å². The van der Waals surface area contributed by atoms with E-state index in [1.807, 2.05) is 26.8 Å². The summed E-state index contributed by atoms with van der Waals surface area (Å²) in [6.45, 7) is 8.17. The van der Waals surface area contributed by atoms with E-state index in [4.69, 9.17) is 4.84 Å². The Kier molecular flexibility index (Phi) is 4.12. The standard InChI is InChI=1S/C17H23N3O3/c1-11-9-13(3)14(10-12(11)2)15-16(21)19-7-5-18(23-4)6-8-20(19)17(15)22/h9-10,15H,5-8H2,1-4H3. The number of hydrogen-bond acceptors (Lipinski definition) is 4. The molecule has 0 aliphatic carbocycles. The molecule has 2 heterocycles. The van der Waals surface area contributed by atoms with Gasteiger partial charge in [-0.2, -0.15) is 5.06 Å². The smallest absolute Gasteiger partial charge is 0.258 e. The second-order valence-electron chi connectivity index (χ2n) is 6.26. The Morgan fingerprint density at radius 2 is 1.39 bits per heavy atom. The zero-order valence-corrected chi connectivity index (χ0v) is 14.1. The van der Waals surface area contributed by atoms with Crippen molar-refractivity contribution >= 4 is 11.8 Å². The minimum absolute atomic E-state index is 0.126. The maximum atomic E-state index is 12.9. The fourth-order valence-electron chi connectivity index (χ4n) is 3.37. The molecule has 124 valence electrons. The molecule has 2 aliphatic rings. The summed E-state index contributed by atoms with van der Waals surface area (Å²) in [6.07, 6.45) is 0. The number of carbonyl (C=O) groups excluding carboxylic acids is 2. The first-order valence-corrected chi connectivity index (χ1v) is 7.93. The molecule has 0 radical (unpaired) electrons. The largest absolute Gasteiger partial charge is 0.302 e. The SMILES string of the molecule is CON1CCN2C(=O)C(c3cc(C)c(C)cc3C)C(=O)N2CC1. The summed E-state index contributed by atoms with van der Waals surface area (Å²) in [4.78, 5) is 30.9. The predicted molar refractivity (Wildman–Crippen MR) is 85.4 cm³/mol. The summed E-state index contributed by atoms with van der Waals surface area (Å²) in [5.41, 5.74) is 4.11. The molecule has 3 rings (SSSR count). The van der Waals surface area contributed by atoms with E-state index < -0.39 is 5.92 Å². The van der Waals surface area contributed by atoms with Crippen molar-refractivity contribution in [3.63, 3.8) is 0 Å². The van der Waals surface area contributed by atoms with E-state index >= 15 is 0 Å². The quantitative estimate of drug-likeness (QED) is 0.768. The van der Waals surface area contributed by atoms with Gasteiger partial charge in [0, 0.05) is 13.1 Å². The minimum Gasteiger partial charge on any atom is -0.302 e. The molecule has 6 heteroatoms. The number of fused-ring (bicyclic) bond motifs is 1. The van der Waals surface area contributed by atoms with Gasteiger partial charge in [0.25, 0.3) is 11.8 Å². The van der Waals surface area contributed by atoms with Crippen molar-refractivity contribution in [2.24, 2.45) is 0 Å². The molecule has 0 spiro atoms. The van der Waals surface area contributed by atoms with Crippen molar-refractivity contribution < 1.29 is 14.4 Å². The topological polar surface area (TPSA) is 53.1 Å². The summed E-state index contributed by atoms with van der Waals surface area (Å²) in [6, 6.07) is 4.04. The van der Waals surface area contributed by atoms with Crippen molar-refractivity contribution in [3.8, 4) is 0 Å². The van der Waals surface area contributed by atoms with Crippen molar-refractivity contribution in [2.45, 2.75) is 26.7 Å². The van der Waals surface area contributed by atoms with Gasteiger partial charge in [0.1, 0.15) is 5.92 Å². The Labute approximate surface area is 136 Å². The number of hydroxylamine groups is 2. The van der Waals surface area contributed by atoms with Crippen molar-refractivity contribution in [3.05, 3.63) is 34.4 Å². The first kappa shape index (κ1) is 16.0. The van der Waals surface area contributed by atoms with Gasteiger partial charge in [-0.05, 0) is 43.0 Å². The average molecular weight is 317 g/mol. The molecular formula is C17H23N3O3. The zero-order valence-electron chi connectivity index (χ0n) is 14.1. The molecule has 2 saturated heterocycles. The number of nitrogens with zero attached hydrogens (tertiary/aromatic N) is 3. The van der Waals surface area contributed by atoms with Crippen LogP contribution in [0.4, 0.5) is 0 Å². The molecule has 2 fully saturated rings. The number of rotatable bonds is 2. The Morgan fingerprint density at radius 3 is 1.91 bits per heavy atom. The second-order valence-corrected chi connectivity index (χ2v) is 6.26. The lowest BCUT2D eigenvalue weighted by molar-refractivity contribution is -0.145. The van der Waals surface area contributed by atoms with E-state index in [1.54, 1.807) is 22.2 Å². The molecule has 0 saturated carbocycles. The Hall–Kier alpha value is -1.92. The number of carbonyl (C=O) groups is 2. The lowest BCUT2D eigenvalue weighted by Gasteiger charge is -2.23. The van der Waals surface area contributed by atoms with Crippen LogP contribution in [0.15, 0.2) is 12.1 Å². The molecule has 6 nitrogen and oxygen atoms in total. The van der Waals surface area contributed by atoms with Gasteiger partial charge in [-0.1, -0.05) is 12.1 Å². The van der Waals surface area contributed by atoms with E-state index in [0.29, 0.717) is 26.2 Å². The number of hydrogen-bond donors (Lipinski definition) is 0. The normalized spacial score (nSPS) is 20.2. The fourth-order valence-corrected chi connectivity index (χ4v) is 3.37. The third-order valence-corrected chi connectivity index (χ3v) is 4.87. The Morgan fingerprint density at radius 1 is 0.870 bits per heavy atom. The van der Waals surface area contributed by atoms with E-state index in [1.165, 1.54) is 5.56 Å². The summed E-state index contributed by atoms with van der Waals surface area (Å²) in [5, 5.41) is 4.94. The zero-order chi connectivity index (χ0) is 16.7. The van der Waals surface area contributed by atoms with Crippen molar-refractivity contribution in [2.75, 3.05) is 33.3 Å². The van der Waals surface area contributed by atoms with E-state index in [2.05, 4.69) is 6.07 Å². The molecule has 0 aromatic heterocycles. The Balaban J connectivity index is 1.93. The van der Waals surface area contributed by atoms with Gasteiger partial charge < -0.3 is 4.84 Å². The summed E-state index contributed by atoms with van der Waals surface area (Å²) >= 11 is 0. The average Bonchev–Trinajstić information content (AvgIpc) is 2.69. The van der Waals surface area contributed by atoms with Crippen LogP contribution in [-0.2, 0) is 14.4 Å². The summed E-state index contributed by atoms with van der Waals surface area (Å²) in [7, 11) is 1.61. The first-order valence-electron chi connectivity index (χ1n) is 7.93. The molecule has 0 unspecified atom stereocenters. The third kappa shape index (κ3) is 2.62. The molecule has 1 aromatic carbocycles. The molecule has 0 atom stereocenters. The highest BCUT2D eigenvalue weighted by Crippen LogP contribution is 2.33. The van der Waals surface area contributed by atoms with Gasteiger partial charge in [0.15, 0.2) is 0 Å². The van der Waals surface area contributed by atoms with Crippen LogP contribution in [0.25, 0.3) is 0 Å². The third-order valence-electron chi connectivity index (χ3n) is 4.87. The van der Waals surface area contributed by atoms with Gasteiger partial charge in [-0.15, -0.1) is 0 Å². The lowest BCUT2D eigenvalue weighted by Crippen LogP contribution is -2.41. The highest BCUT2D eigenvalue weighted by Gasteiger charge is 2.47. The van der Waals surface area contributed by atoms with Crippen molar-refractivity contribution in [1.82, 2.24) is 15.1 Å². The Bertz CT molecular complexity index is 633. The number of aryl methyl sites for hydroxylation is 3. The van der Waals surface area contributed by atoms with E-state index in [0.717, 1.165) is 16.7 Å². The minimum atomic E-state index is -0.705. The van der Waals surface area contributed by atoms with Gasteiger partial charge in [0.2, 0.25) is 0 Å². The molecule has 23 heavy (non-hydrogen) atoms. The second kappa shape index (κ2) is 5.94. The van der Waals surface area contributed by atoms with Gasteiger partial charge in [-0.25, -0.2) is 10.0 Å². The van der Waals surface area contributed by atoms with E-state index in [9.17, 15) is 9.59 Å². The lowest BCUT2D eigenvalue weighted by atomic mass is 9.90. The van der Waals surface area contributed by atoms with Gasteiger partial charge in [-0.3, -0.25) is 9.59 Å². The molecule has 1 aromatic rings. The molecular weight excluding hydrogens is 294 g/mol. The number of amides is 2. The van der Waals surface area contributed by atoms with Crippen LogP contribution in [0.1, 0.15) is 28.2 Å². The highest BCUT2D eigenvalue weighted by molar-refractivity contribution is 6.10. The highest BCUT2D eigenvalue weighted by atomic mass is 16.7. The van der Waals surface area contributed by atoms with Crippen LogP contribution in [0.5, 0.6) is 0 Å². The monoisotopic (exact) mass is 317 g/mol. The van der Waals surface area contributed by atoms with Gasteiger partial charge >= 0.3 is 0 Å². The molecule has 2 amide bonds. The predicted octanol–water partition coefficient (Wildman–Crippen LogP) is 1.16.